The van der Waals surface area contributed by atoms with Gasteiger partial charge in [-0.2, -0.15) is 0 Å². The van der Waals surface area contributed by atoms with Gasteiger partial charge in [-0.25, -0.2) is 0 Å². The van der Waals surface area contributed by atoms with Gasteiger partial charge in [-0.1, -0.05) is 24.6 Å². The predicted octanol–water partition coefficient (Wildman–Crippen LogP) is 3.18. The van der Waals surface area contributed by atoms with Crippen molar-refractivity contribution in [3.8, 4) is 5.75 Å². The van der Waals surface area contributed by atoms with E-state index in [1.165, 1.54) is 12.0 Å². The number of amides is 1. The first kappa shape index (κ1) is 20.2. The molecular formula is C22H34N2O3. The summed E-state index contributed by atoms with van der Waals surface area (Å²) in [4.78, 5) is 17.3. The fraction of sp³-hybridized carbons (Fsp3) is 0.682. The van der Waals surface area contributed by atoms with Gasteiger partial charge >= 0.3 is 0 Å². The number of hydrogen-bond donors (Lipinski definition) is 0. The first-order valence-electron chi connectivity index (χ1n) is 10.3. The van der Waals surface area contributed by atoms with Crippen LogP contribution < -0.4 is 4.74 Å². The lowest BCUT2D eigenvalue weighted by Gasteiger charge is -2.37. The molecule has 1 aliphatic heterocycles. The molecule has 27 heavy (non-hydrogen) atoms. The second-order valence-electron chi connectivity index (χ2n) is 7.94. The minimum atomic E-state index is 0.271. The van der Waals surface area contributed by atoms with Gasteiger partial charge in [0.25, 0.3) is 0 Å². The Hall–Kier alpha value is -1.59. The summed E-state index contributed by atoms with van der Waals surface area (Å²) in [6.07, 6.45) is 5.64. The molecule has 1 heterocycles. The number of likely N-dealkylation sites (tertiary alicyclic amines) is 1. The van der Waals surface area contributed by atoms with Gasteiger partial charge in [0.2, 0.25) is 5.91 Å². The van der Waals surface area contributed by atoms with Crippen molar-refractivity contribution in [2.75, 3.05) is 47.0 Å². The summed E-state index contributed by atoms with van der Waals surface area (Å²) in [5, 5.41) is 0. The third-order valence-corrected chi connectivity index (χ3v) is 6.10. The minimum absolute atomic E-state index is 0.271. The van der Waals surface area contributed by atoms with Crippen molar-refractivity contribution in [3.63, 3.8) is 0 Å². The highest BCUT2D eigenvalue weighted by molar-refractivity contribution is 5.79. The van der Waals surface area contributed by atoms with Crippen molar-refractivity contribution < 1.29 is 14.3 Å². The molecule has 1 amide bonds. The standard InChI is InChI=1S/C22H34N2O3/c1-26-15-14-24(22(25)19-7-5-8-19)16-18-10-12-23(13-11-18)17-20-6-3-4-9-21(20)27-2/h3-4,6,9,18-19H,5,7-8,10-17H2,1-2H3. The Kier molecular flexibility index (Phi) is 7.53. The number of nitrogens with zero attached hydrogens (tertiary/aromatic N) is 2. The quantitative estimate of drug-likeness (QED) is 0.666. The predicted molar refractivity (Wildman–Crippen MR) is 107 cm³/mol. The van der Waals surface area contributed by atoms with Gasteiger partial charge in [0.1, 0.15) is 5.75 Å². The Balaban J connectivity index is 1.49. The molecule has 1 saturated heterocycles. The summed E-state index contributed by atoms with van der Waals surface area (Å²) in [6.45, 7) is 5.35. The highest BCUT2D eigenvalue weighted by Gasteiger charge is 2.31. The number of para-hydroxylation sites is 1. The van der Waals surface area contributed by atoms with Gasteiger partial charge in [0.05, 0.1) is 13.7 Å². The zero-order valence-corrected chi connectivity index (χ0v) is 16.9. The average Bonchev–Trinajstić information content (AvgIpc) is 2.65. The topological polar surface area (TPSA) is 42.0 Å². The Morgan fingerprint density at radius 2 is 1.89 bits per heavy atom. The van der Waals surface area contributed by atoms with Crippen LogP contribution >= 0.6 is 0 Å². The lowest BCUT2D eigenvalue weighted by molar-refractivity contribution is -0.139. The minimum Gasteiger partial charge on any atom is -0.496 e. The molecule has 1 aromatic rings. The Morgan fingerprint density at radius 1 is 1.15 bits per heavy atom. The highest BCUT2D eigenvalue weighted by atomic mass is 16.5. The second-order valence-corrected chi connectivity index (χ2v) is 7.94. The maximum atomic E-state index is 12.7. The summed E-state index contributed by atoms with van der Waals surface area (Å²) >= 11 is 0. The molecule has 0 radical (unpaired) electrons. The Bertz CT molecular complexity index is 595. The summed E-state index contributed by atoms with van der Waals surface area (Å²) in [7, 11) is 3.45. The normalized spacial score (nSPS) is 18.9. The van der Waals surface area contributed by atoms with E-state index in [1.54, 1.807) is 14.2 Å². The van der Waals surface area contributed by atoms with Gasteiger partial charge in [-0.15, -0.1) is 0 Å². The number of carbonyl (C=O) groups excluding carboxylic acids is 1. The van der Waals surface area contributed by atoms with Crippen LogP contribution in [0.2, 0.25) is 0 Å². The van der Waals surface area contributed by atoms with E-state index in [0.717, 1.165) is 64.2 Å². The molecule has 3 rings (SSSR count). The second kappa shape index (κ2) is 10.1. The molecule has 0 N–H and O–H groups in total. The Morgan fingerprint density at radius 3 is 2.52 bits per heavy atom. The lowest BCUT2D eigenvalue weighted by Crippen LogP contribution is -2.45. The van der Waals surface area contributed by atoms with E-state index in [1.807, 2.05) is 12.1 Å². The van der Waals surface area contributed by atoms with Crippen molar-refractivity contribution in [2.45, 2.75) is 38.6 Å². The first-order chi connectivity index (χ1) is 13.2. The monoisotopic (exact) mass is 374 g/mol. The van der Waals surface area contributed by atoms with Crippen LogP contribution in [0.4, 0.5) is 0 Å². The maximum absolute atomic E-state index is 12.7. The van der Waals surface area contributed by atoms with Crippen molar-refractivity contribution in [2.24, 2.45) is 11.8 Å². The van der Waals surface area contributed by atoms with Crippen molar-refractivity contribution in [1.29, 1.82) is 0 Å². The number of ether oxygens (including phenoxy) is 2. The van der Waals surface area contributed by atoms with Crippen LogP contribution in [0.15, 0.2) is 24.3 Å². The number of hydrogen-bond acceptors (Lipinski definition) is 4. The molecule has 150 valence electrons. The maximum Gasteiger partial charge on any atom is 0.225 e. The lowest BCUT2D eigenvalue weighted by atomic mass is 9.84. The van der Waals surface area contributed by atoms with E-state index in [0.29, 0.717) is 18.4 Å². The molecule has 0 atom stereocenters. The Labute approximate surface area is 163 Å². The third kappa shape index (κ3) is 5.45. The van der Waals surface area contributed by atoms with Crippen molar-refractivity contribution in [3.05, 3.63) is 29.8 Å². The van der Waals surface area contributed by atoms with Gasteiger partial charge in [-0.3, -0.25) is 9.69 Å². The molecule has 5 heteroatoms. The van der Waals surface area contributed by atoms with Crippen molar-refractivity contribution >= 4 is 5.91 Å². The van der Waals surface area contributed by atoms with Crippen LogP contribution in [0, 0.1) is 11.8 Å². The average molecular weight is 375 g/mol. The fourth-order valence-corrected chi connectivity index (χ4v) is 4.12. The van der Waals surface area contributed by atoms with E-state index in [9.17, 15) is 4.79 Å². The van der Waals surface area contributed by atoms with Gasteiger partial charge in [0.15, 0.2) is 0 Å². The molecule has 1 aromatic carbocycles. The van der Waals surface area contributed by atoms with Crippen LogP contribution in [0.25, 0.3) is 0 Å². The van der Waals surface area contributed by atoms with Crippen LogP contribution in [0.3, 0.4) is 0 Å². The van der Waals surface area contributed by atoms with Crippen LogP contribution in [-0.2, 0) is 16.1 Å². The smallest absolute Gasteiger partial charge is 0.225 e. The van der Waals surface area contributed by atoms with Gasteiger partial charge in [0, 0.05) is 38.2 Å². The van der Waals surface area contributed by atoms with E-state index < -0.39 is 0 Å². The highest BCUT2D eigenvalue weighted by Crippen LogP contribution is 2.29. The zero-order chi connectivity index (χ0) is 19.1. The van der Waals surface area contributed by atoms with E-state index in [2.05, 4.69) is 21.9 Å². The fourth-order valence-electron chi connectivity index (χ4n) is 4.12. The number of piperidine rings is 1. The first-order valence-corrected chi connectivity index (χ1v) is 10.3. The number of carbonyl (C=O) groups is 1. The summed E-state index contributed by atoms with van der Waals surface area (Å²) < 4.78 is 10.7. The largest absolute Gasteiger partial charge is 0.496 e. The van der Waals surface area contributed by atoms with Crippen LogP contribution in [0.5, 0.6) is 5.75 Å². The molecule has 0 spiro atoms. The third-order valence-electron chi connectivity index (χ3n) is 6.10. The van der Waals surface area contributed by atoms with Crippen LogP contribution in [0.1, 0.15) is 37.7 Å². The van der Waals surface area contributed by atoms with Crippen molar-refractivity contribution in [1.82, 2.24) is 9.80 Å². The van der Waals surface area contributed by atoms with E-state index in [4.69, 9.17) is 9.47 Å². The molecule has 2 fully saturated rings. The SMILES string of the molecule is COCCN(CC1CCN(Cc2ccccc2OC)CC1)C(=O)C1CCC1. The van der Waals surface area contributed by atoms with E-state index in [-0.39, 0.29) is 5.92 Å². The molecular weight excluding hydrogens is 340 g/mol. The molecule has 0 bridgehead atoms. The van der Waals surface area contributed by atoms with Gasteiger partial charge < -0.3 is 14.4 Å². The zero-order valence-electron chi connectivity index (χ0n) is 16.9. The molecule has 2 aliphatic rings. The molecule has 5 nitrogen and oxygen atoms in total. The molecule has 1 aliphatic carbocycles. The molecule has 0 aromatic heterocycles. The molecule has 0 unspecified atom stereocenters. The number of rotatable bonds is 9. The van der Waals surface area contributed by atoms with E-state index >= 15 is 0 Å². The summed E-state index contributed by atoms with van der Waals surface area (Å²) in [5.74, 6) is 2.19. The summed E-state index contributed by atoms with van der Waals surface area (Å²) in [6, 6.07) is 8.27. The molecule has 1 saturated carbocycles. The summed E-state index contributed by atoms with van der Waals surface area (Å²) in [5.41, 5.74) is 1.25. The number of methoxy groups -OCH3 is 2. The number of benzene rings is 1. The van der Waals surface area contributed by atoms with Crippen LogP contribution in [-0.4, -0.2) is 62.7 Å². The van der Waals surface area contributed by atoms with Gasteiger partial charge in [-0.05, 0) is 50.8 Å².